The first-order chi connectivity index (χ1) is 6.77. The van der Waals surface area contributed by atoms with E-state index in [9.17, 15) is 4.39 Å². The Labute approximate surface area is 88.8 Å². The molecule has 1 rings (SSSR count). The predicted molar refractivity (Wildman–Crippen MR) is 56.6 cm³/mol. The molecule has 0 spiro atoms. The van der Waals surface area contributed by atoms with E-state index >= 15 is 0 Å². The molecular formula is C11H14ClFO. The van der Waals surface area contributed by atoms with Crippen molar-refractivity contribution in [3.05, 3.63) is 29.6 Å². The van der Waals surface area contributed by atoms with Gasteiger partial charge in [-0.3, -0.25) is 0 Å². The Morgan fingerprint density at radius 2 is 2.21 bits per heavy atom. The highest BCUT2D eigenvalue weighted by Gasteiger charge is 2.03. The third-order valence-electron chi connectivity index (χ3n) is 1.92. The quantitative estimate of drug-likeness (QED) is 0.686. The number of alkyl halides is 1. The summed E-state index contributed by atoms with van der Waals surface area (Å²) in [5.74, 6) is 0.938. The van der Waals surface area contributed by atoms with Gasteiger partial charge in [0.15, 0.2) is 0 Å². The lowest BCUT2D eigenvalue weighted by molar-refractivity contribution is 0.338. The van der Waals surface area contributed by atoms with Crippen molar-refractivity contribution in [3.8, 4) is 5.75 Å². The first kappa shape index (κ1) is 11.3. The molecule has 0 fully saturated rings. The number of rotatable bonds is 5. The summed E-state index contributed by atoms with van der Waals surface area (Å²) in [6, 6.07) is 4.97. The fourth-order valence-corrected chi connectivity index (χ4v) is 1.38. The van der Waals surface area contributed by atoms with Crippen LogP contribution < -0.4 is 4.74 Å². The van der Waals surface area contributed by atoms with Crippen LogP contribution >= 0.6 is 11.6 Å². The van der Waals surface area contributed by atoms with E-state index in [-0.39, 0.29) is 5.82 Å². The molecule has 0 radical (unpaired) electrons. The molecule has 0 atom stereocenters. The first-order valence-corrected chi connectivity index (χ1v) is 5.28. The summed E-state index contributed by atoms with van der Waals surface area (Å²) in [5.41, 5.74) is 0.703. The second kappa shape index (κ2) is 5.86. The second-order valence-corrected chi connectivity index (χ2v) is 3.36. The predicted octanol–water partition coefficient (Wildman–Crippen LogP) is 3.40. The van der Waals surface area contributed by atoms with Gasteiger partial charge in [-0.1, -0.05) is 6.07 Å². The molecule has 0 aliphatic rings. The van der Waals surface area contributed by atoms with Crippen LogP contribution in [0.3, 0.4) is 0 Å². The fourth-order valence-electron chi connectivity index (χ4n) is 1.24. The van der Waals surface area contributed by atoms with Gasteiger partial charge in [-0.25, -0.2) is 4.39 Å². The topological polar surface area (TPSA) is 9.23 Å². The Kier molecular flexibility index (Phi) is 4.74. The van der Waals surface area contributed by atoms with E-state index in [1.54, 1.807) is 12.1 Å². The van der Waals surface area contributed by atoms with E-state index in [0.717, 1.165) is 6.42 Å². The molecule has 0 N–H and O–H groups in total. The highest BCUT2D eigenvalue weighted by molar-refractivity contribution is 6.17. The zero-order valence-electron chi connectivity index (χ0n) is 8.22. The maximum absolute atomic E-state index is 13.4. The minimum atomic E-state index is -0.207. The van der Waals surface area contributed by atoms with Crippen molar-refractivity contribution in [3.63, 3.8) is 0 Å². The van der Waals surface area contributed by atoms with Crippen LogP contribution in [-0.2, 0) is 6.42 Å². The summed E-state index contributed by atoms with van der Waals surface area (Å²) < 4.78 is 18.6. The Balaban J connectivity index is 2.68. The molecule has 1 nitrogen and oxygen atoms in total. The van der Waals surface area contributed by atoms with Crippen molar-refractivity contribution < 1.29 is 9.13 Å². The van der Waals surface area contributed by atoms with Gasteiger partial charge in [-0.15, -0.1) is 11.6 Å². The molecule has 1 aromatic carbocycles. The Bertz CT molecular complexity index is 289. The van der Waals surface area contributed by atoms with E-state index in [1.807, 2.05) is 6.92 Å². The van der Waals surface area contributed by atoms with E-state index in [4.69, 9.17) is 16.3 Å². The van der Waals surface area contributed by atoms with Gasteiger partial charge in [0.25, 0.3) is 0 Å². The maximum Gasteiger partial charge on any atom is 0.130 e. The van der Waals surface area contributed by atoms with E-state index < -0.39 is 0 Å². The van der Waals surface area contributed by atoms with Crippen molar-refractivity contribution in [2.24, 2.45) is 0 Å². The highest BCUT2D eigenvalue weighted by Crippen LogP contribution is 2.17. The average molecular weight is 217 g/mol. The molecular weight excluding hydrogens is 203 g/mol. The number of ether oxygens (including phenoxy) is 1. The van der Waals surface area contributed by atoms with Crippen LogP contribution in [0.1, 0.15) is 18.9 Å². The molecule has 0 unspecified atom stereocenters. The van der Waals surface area contributed by atoms with Gasteiger partial charge in [0, 0.05) is 11.9 Å². The standard InChI is InChI=1S/C11H14ClFO/c1-2-14-10-6-5-9(4-3-7-12)11(13)8-10/h5-6,8H,2-4,7H2,1H3. The molecule has 0 saturated heterocycles. The summed E-state index contributed by atoms with van der Waals surface area (Å²) in [7, 11) is 0. The number of benzene rings is 1. The molecule has 0 bridgehead atoms. The van der Waals surface area contributed by atoms with Gasteiger partial charge in [0.1, 0.15) is 11.6 Å². The lowest BCUT2D eigenvalue weighted by Gasteiger charge is -2.05. The van der Waals surface area contributed by atoms with Crippen molar-refractivity contribution in [2.45, 2.75) is 19.8 Å². The summed E-state index contributed by atoms with van der Waals surface area (Å²) in [6.45, 7) is 2.43. The number of halogens is 2. The second-order valence-electron chi connectivity index (χ2n) is 2.98. The Morgan fingerprint density at radius 1 is 1.43 bits per heavy atom. The summed E-state index contributed by atoms with van der Waals surface area (Å²) >= 11 is 5.54. The summed E-state index contributed by atoms with van der Waals surface area (Å²) in [4.78, 5) is 0. The van der Waals surface area contributed by atoms with Gasteiger partial charge in [-0.05, 0) is 31.4 Å². The molecule has 1 aromatic rings. The van der Waals surface area contributed by atoms with E-state index in [0.29, 0.717) is 30.2 Å². The van der Waals surface area contributed by atoms with Crippen LogP contribution in [0.2, 0.25) is 0 Å². The smallest absolute Gasteiger partial charge is 0.130 e. The minimum absolute atomic E-state index is 0.207. The van der Waals surface area contributed by atoms with Crippen LogP contribution in [0.15, 0.2) is 18.2 Å². The molecule has 0 heterocycles. The van der Waals surface area contributed by atoms with Gasteiger partial charge in [0.05, 0.1) is 6.61 Å². The minimum Gasteiger partial charge on any atom is -0.494 e. The molecule has 0 amide bonds. The maximum atomic E-state index is 13.4. The Morgan fingerprint density at radius 3 is 2.79 bits per heavy atom. The summed E-state index contributed by atoms with van der Waals surface area (Å²) in [6.07, 6.45) is 1.48. The SMILES string of the molecule is CCOc1ccc(CCCCl)c(F)c1. The van der Waals surface area contributed by atoms with Crippen LogP contribution in [-0.4, -0.2) is 12.5 Å². The molecule has 0 aliphatic heterocycles. The van der Waals surface area contributed by atoms with Crippen LogP contribution in [0.4, 0.5) is 4.39 Å². The monoisotopic (exact) mass is 216 g/mol. The average Bonchev–Trinajstić information content (AvgIpc) is 2.17. The molecule has 0 aliphatic carbocycles. The zero-order valence-corrected chi connectivity index (χ0v) is 8.98. The zero-order chi connectivity index (χ0) is 10.4. The van der Waals surface area contributed by atoms with Crippen LogP contribution in [0.5, 0.6) is 5.75 Å². The van der Waals surface area contributed by atoms with Crippen LogP contribution in [0.25, 0.3) is 0 Å². The third-order valence-corrected chi connectivity index (χ3v) is 2.18. The van der Waals surface area contributed by atoms with E-state index in [2.05, 4.69) is 0 Å². The molecule has 0 saturated carbocycles. The largest absolute Gasteiger partial charge is 0.494 e. The van der Waals surface area contributed by atoms with E-state index in [1.165, 1.54) is 6.07 Å². The lowest BCUT2D eigenvalue weighted by Crippen LogP contribution is -1.95. The molecule has 0 aromatic heterocycles. The lowest BCUT2D eigenvalue weighted by atomic mass is 10.1. The first-order valence-electron chi connectivity index (χ1n) is 4.75. The van der Waals surface area contributed by atoms with Crippen molar-refractivity contribution in [1.82, 2.24) is 0 Å². The molecule has 78 valence electrons. The van der Waals surface area contributed by atoms with Gasteiger partial charge >= 0.3 is 0 Å². The molecule has 3 heteroatoms. The van der Waals surface area contributed by atoms with Crippen molar-refractivity contribution in [2.75, 3.05) is 12.5 Å². The van der Waals surface area contributed by atoms with Gasteiger partial charge in [0.2, 0.25) is 0 Å². The normalized spacial score (nSPS) is 10.2. The molecule has 14 heavy (non-hydrogen) atoms. The number of hydrogen-bond donors (Lipinski definition) is 0. The van der Waals surface area contributed by atoms with Gasteiger partial charge < -0.3 is 4.74 Å². The Hall–Kier alpha value is -0.760. The third kappa shape index (κ3) is 3.18. The van der Waals surface area contributed by atoms with Gasteiger partial charge in [-0.2, -0.15) is 0 Å². The van der Waals surface area contributed by atoms with Crippen LogP contribution in [0, 0.1) is 5.82 Å². The summed E-state index contributed by atoms with van der Waals surface area (Å²) in [5, 5.41) is 0. The highest BCUT2D eigenvalue weighted by atomic mass is 35.5. The van der Waals surface area contributed by atoms with Crippen molar-refractivity contribution >= 4 is 11.6 Å². The fraction of sp³-hybridized carbons (Fsp3) is 0.455. The number of hydrogen-bond acceptors (Lipinski definition) is 1. The van der Waals surface area contributed by atoms with Crippen molar-refractivity contribution in [1.29, 1.82) is 0 Å². The number of aryl methyl sites for hydroxylation is 1.